The summed E-state index contributed by atoms with van der Waals surface area (Å²) in [6, 6.07) is 0. The third-order valence-corrected chi connectivity index (χ3v) is 3.15. The summed E-state index contributed by atoms with van der Waals surface area (Å²) in [5.74, 6) is -0.0290. The Morgan fingerprint density at radius 3 is 2.39 bits per heavy atom. The zero-order chi connectivity index (χ0) is 13.9. The summed E-state index contributed by atoms with van der Waals surface area (Å²) in [5.41, 5.74) is 0. The maximum Gasteiger partial charge on any atom is 0.267 e. The number of hydrogen-bond donors (Lipinski definition) is 1. The average molecular weight is 280 g/mol. The highest BCUT2D eigenvalue weighted by atomic mass is 31.2. The summed E-state index contributed by atoms with van der Waals surface area (Å²) in [5, 5.41) is 2.70. The van der Waals surface area contributed by atoms with Crippen LogP contribution in [0.5, 0.6) is 0 Å². The van der Waals surface area contributed by atoms with Crippen LogP contribution in [0.25, 0.3) is 0 Å². The van der Waals surface area contributed by atoms with E-state index in [0.29, 0.717) is 19.4 Å². The predicted molar refractivity (Wildman–Crippen MR) is 67.0 cm³/mol. The lowest BCUT2D eigenvalue weighted by Crippen LogP contribution is -2.20. The molecule has 1 unspecified atom stereocenters. The topological polar surface area (TPSA) is 87.7 Å². The molecule has 1 atom stereocenters. The Labute approximate surface area is 109 Å². The van der Waals surface area contributed by atoms with Gasteiger partial charge in [0.05, 0.1) is 13.2 Å². The van der Waals surface area contributed by atoms with Gasteiger partial charge in [0, 0.05) is 13.5 Å². The second kappa shape index (κ2) is 10.5. The standard InChI is InChI=1S/C11H24NO5P/c1-3-9-16-18(14,15)17-10-7-5-4-6-8-12-11(2)13/h3-10H2,1-2H3,(H,12,13)(H,14,15)/p-1. The fraction of sp³-hybridized carbons (Fsp3) is 0.909. The van der Waals surface area contributed by atoms with Crippen molar-refractivity contribution in [1.29, 1.82) is 0 Å². The first kappa shape index (κ1) is 17.6. The predicted octanol–water partition coefficient (Wildman–Crippen LogP) is 1.59. The van der Waals surface area contributed by atoms with E-state index in [1.54, 1.807) is 0 Å². The molecular formula is C11H23NO5P-. The van der Waals surface area contributed by atoms with Crippen molar-refractivity contribution in [3.05, 3.63) is 0 Å². The Kier molecular flexibility index (Phi) is 10.3. The van der Waals surface area contributed by atoms with Gasteiger partial charge in [-0.3, -0.25) is 9.36 Å². The van der Waals surface area contributed by atoms with Crippen LogP contribution in [0.1, 0.15) is 46.0 Å². The van der Waals surface area contributed by atoms with E-state index in [1.807, 2.05) is 6.92 Å². The van der Waals surface area contributed by atoms with Gasteiger partial charge in [0.1, 0.15) is 0 Å². The minimum Gasteiger partial charge on any atom is -0.756 e. The third-order valence-electron chi connectivity index (χ3n) is 2.15. The van der Waals surface area contributed by atoms with Crippen LogP contribution >= 0.6 is 7.82 Å². The van der Waals surface area contributed by atoms with Gasteiger partial charge in [0.25, 0.3) is 7.82 Å². The number of unbranched alkanes of at least 4 members (excludes halogenated alkanes) is 3. The van der Waals surface area contributed by atoms with Crippen LogP contribution in [0.15, 0.2) is 0 Å². The second-order valence-corrected chi connectivity index (χ2v) is 5.42. The van der Waals surface area contributed by atoms with Crippen LogP contribution < -0.4 is 10.2 Å². The van der Waals surface area contributed by atoms with Gasteiger partial charge < -0.3 is 19.3 Å². The second-order valence-electron chi connectivity index (χ2n) is 4.01. The molecule has 6 nitrogen and oxygen atoms in total. The summed E-state index contributed by atoms with van der Waals surface area (Å²) in [6.45, 7) is 4.29. The van der Waals surface area contributed by atoms with Gasteiger partial charge in [-0.2, -0.15) is 0 Å². The lowest BCUT2D eigenvalue weighted by atomic mass is 10.2. The normalized spacial score (nSPS) is 14.2. The molecule has 0 aromatic rings. The molecule has 1 N–H and O–H groups in total. The molecule has 1 amide bonds. The molecule has 0 aromatic carbocycles. The first-order chi connectivity index (χ1) is 8.48. The van der Waals surface area contributed by atoms with E-state index in [1.165, 1.54) is 6.92 Å². The molecule has 0 saturated heterocycles. The maximum atomic E-state index is 11.1. The fourth-order valence-electron chi connectivity index (χ4n) is 1.26. The number of nitrogens with one attached hydrogen (secondary N) is 1. The highest BCUT2D eigenvalue weighted by Gasteiger charge is 2.07. The summed E-state index contributed by atoms with van der Waals surface area (Å²) in [6.07, 6.45) is 4.00. The van der Waals surface area contributed by atoms with Crippen LogP contribution in [0, 0.1) is 0 Å². The Hall–Kier alpha value is -0.420. The smallest absolute Gasteiger partial charge is 0.267 e. The minimum absolute atomic E-state index is 0.0290. The van der Waals surface area contributed by atoms with E-state index >= 15 is 0 Å². The molecule has 7 heteroatoms. The number of rotatable bonds is 11. The maximum absolute atomic E-state index is 11.1. The van der Waals surface area contributed by atoms with Gasteiger partial charge in [-0.05, 0) is 19.3 Å². The van der Waals surface area contributed by atoms with Gasteiger partial charge in [-0.15, -0.1) is 0 Å². The van der Waals surface area contributed by atoms with Gasteiger partial charge in [0.15, 0.2) is 0 Å². The number of carbonyl (C=O) groups excluding carboxylic acids is 1. The number of phosphoric ester groups is 1. The van der Waals surface area contributed by atoms with Gasteiger partial charge in [-0.1, -0.05) is 19.8 Å². The van der Waals surface area contributed by atoms with E-state index in [0.717, 1.165) is 19.3 Å². The zero-order valence-electron chi connectivity index (χ0n) is 11.1. The van der Waals surface area contributed by atoms with Crippen molar-refractivity contribution < 1.29 is 23.3 Å². The van der Waals surface area contributed by atoms with Gasteiger partial charge >= 0.3 is 0 Å². The molecule has 0 aliphatic rings. The van der Waals surface area contributed by atoms with Crippen molar-refractivity contribution in [3.63, 3.8) is 0 Å². The Morgan fingerprint density at radius 2 is 1.78 bits per heavy atom. The largest absolute Gasteiger partial charge is 0.756 e. The number of amides is 1. The van der Waals surface area contributed by atoms with Crippen LogP contribution in [-0.2, 0) is 18.4 Å². The molecule has 0 saturated carbocycles. The van der Waals surface area contributed by atoms with E-state index in [9.17, 15) is 14.3 Å². The van der Waals surface area contributed by atoms with Crippen LogP contribution in [0.4, 0.5) is 0 Å². The van der Waals surface area contributed by atoms with Crippen LogP contribution in [0.2, 0.25) is 0 Å². The molecule has 0 radical (unpaired) electrons. The van der Waals surface area contributed by atoms with Crippen LogP contribution in [-0.4, -0.2) is 25.7 Å². The van der Waals surface area contributed by atoms with Crippen molar-refractivity contribution in [3.8, 4) is 0 Å². The monoisotopic (exact) mass is 280 g/mol. The molecule has 0 bridgehead atoms. The zero-order valence-corrected chi connectivity index (χ0v) is 12.0. The van der Waals surface area contributed by atoms with E-state index in [-0.39, 0.29) is 19.1 Å². The Morgan fingerprint density at radius 1 is 1.17 bits per heavy atom. The molecule has 0 spiro atoms. The van der Waals surface area contributed by atoms with Gasteiger partial charge in [-0.25, -0.2) is 0 Å². The van der Waals surface area contributed by atoms with E-state index in [2.05, 4.69) is 14.4 Å². The first-order valence-electron chi connectivity index (χ1n) is 6.32. The number of hydrogen-bond acceptors (Lipinski definition) is 5. The van der Waals surface area contributed by atoms with Crippen molar-refractivity contribution >= 4 is 13.7 Å². The molecular weight excluding hydrogens is 257 g/mol. The average Bonchev–Trinajstić information content (AvgIpc) is 2.29. The molecule has 0 rings (SSSR count). The fourth-order valence-corrected chi connectivity index (χ4v) is 2.10. The number of phosphoric acid groups is 1. The van der Waals surface area contributed by atoms with Crippen molar-refractivity contribution in [2.45, 2.75) is 46.0 Å². The minimum atomic E-state index is -4.09. The molecule has 0 heterocycles. The van der Waals surface area contributed by atoms with E-state index in [4.69, 9.17) is 0 Å². The lowest BCUT2D eigenvalue weighted by molar-refractivity contribution is -0.225. The van der Waals surface area contributed by atoms with Gasteiger partial charge in [0.2, 0.25) is 5.91 Å². The lowest BCUT2D eigenvalue weighted by Gasteiger charge is -2.22. The quantitative estimate of drug-likeness (QED) is 0.458. The van der Waals surface area contributed by atoms with E-state index < -0.39 is 7.82 Å². The first-order valence-corrected chi connectivity index (χ1v) is 7.78. The number of carbonyl (C=O) groups is 1. The van der Waals surface area contributed by atoms with Crippen molar-refractivity contribution in [2.24, 2.45) is 0 Å². The Bertz CT molecular complexity index is 272. The highest BCUT2D eigenvalue weighted by molar-refractivity contribution is 7.45. The summed E-state index contributed by atoms with van der Waals surface area (Å²) < 4.78 is 20.4. The molecule has 0 fully saturated rings. The molecule has 18 heavy (non-hydrogen) atoms. The molecule has 0 aliphatic carbocycles. The highest BCUT2D eigenvalue weighted by Crippen LogP contribution is 2.38. The summed E-state index contributed by atoms with van der Waals surface area (Å²) in [7, 11) is -4.09. The molecule has 0 aliphatic heterocycles. The molecule has 0 aromatic heterocycles. The third kappa shape index (κ3) is 12.0. The molecule has 108 valence electrons. The van der Waals surface area contributed by atoms with Crippen LogP contribution in [0.3, 0.4) is 0 Å². The summed E-state index contributed by atoms with van der Waals surface area (Å²) >= 11 is 0. The van der Waals surface area contributed by atoms with Crippen molar-refractivity contribution in [2.75, 3.05) is 19.8 Å². The van der Waals surface area contributed by atoms with Crippen molar-refractivity contribution in [1.82, 2.24) is 5.32 Å². The summed E-state index contributed by atoms with van der Waals surface area (Å²) in [4.78, 5) is 21.7. The Balaban J connectivity index is 3.34. The SMILES string of the molecule is CCCOP(=O)([O-])OCCCCCCNC(C)=O.